The van der Waals surface area contributed by atoms with E-state index in [0.717, 1.165) is 36.1 Å². The minimum atomic E-state index is 0.556. The molecule has 1 atom stereocenters. The van der Waals surface area contributed by atoms with Gasteiger partial charge in [-0.15, -0.1) is 5.10 Å². The van der Waals surface area contributed by atoms with Crippen LogP contribution in [0.3, 0.4) is 0 Å². The first-order valence-corrected chi connectivity index (χ1v) is 8.33. The Balaban J connectivity index is 1.45. The number of nitrogens with zero attached hydrogens (tertiary/aromatic N) is 4. The molecular formula is C18H21N5. The molecule has 0 saturated carbocycles. The molecule has 118 valence electrons. The second-order valence-electron chi connectivity index (χ2n) is 6.29. The van der Waals surface area contributed by atoms with Gasteiger partial charge in [-0.3, -0.25) is 4.98 Å². The molecule has 0 amide bonds. The van der Waals surface area contributed by atoms with Gasteiger partial charge in [0.1, 0.15) is 0 Å². The van der Waals surface area contributed by atoms with Crippen LogP contribution >= 0.6 is 0 Å². The minimum absolute atomic E-state index is 0.556. The first-order chi connectivity index (χ1) is 11.4. The third-order valence-electron chi connectivity index (χ3n) is 4.47. The lowest BCUT2D eigenvalue weighted by Crippen LogP contribution is -2.35. The largest absolute Gasteiger partial charge is 0.314 e. The first kappa shape index (κ1) is 14.3. The summed E-state index contributed by atoms with van der Waals surface area (Å²) in [6, 6.07) is 11.0. The zero-order valence-corrected chi connectivity index (χ0v) is 13.2. The molecule has 5 heteroatoms. The van der Waals surface area contributed by atoms with Gasteiger partial charge in [0.05, 0.1) is 17.8 Å². The van der Waals surface area contributed by atoms with Crippen molar-refractivity contribution in [1.29, 1.82) is 0 Å². The molecule has 1 N–H and O–H groups in total. The summed E-state index contributed by atoms with van der Waals surface area (Å²) in [5, 5.41) is 13.3. The summed E-state index contributed by atoms with van der Waals surface area (Å²) in [7, 11) is 0. The second kappa shape index (κ2) is 6.46. The molecule has 23 heavy (non-hydrogen) atoms. The maximum Gasteiger partial charge on any atom is 0.0842 e. The van der Waals surface area contributed by atoms with Crippen molar-refractivity contribution in [3.05, 3.63) is 54.0 Å². The molecule has 0 aliphatic carbocycles. The number of piperidine rings is 1. The van der Waals surface area contributed by atoms with Gasteiger partial charge in [-0.25, -0.2) is 4.68 Å². The molecule has 2 aromatic heterocycles. The fourth-order valence-corrected chi connectivity index (χ4v) is 3.27. The lowest BCUT2D eigenvalue weighted by atomic mass is 10.0. The van der Waals surface area contributed by atoms with Gasteiger partial charge >= 0.3 is 0 Å². The molecule has 1 aliphatic rings. The molecule has 1 aliphatic heterocycles. The number of hydrogen-bond donors (Lipinski definition) is 1. The lowest BCUT2D eigenvalue weighted by molar-refractivity contribution is 0.397. The molecule has 0 radical (unpaired) electrons. The molecular weight excluding hydrogens is 286 g/mol. The topological polar surface area (TPSA) is 55.6 Å². The van der Waals surface area contributed by atoms with Crippen LogP contribution in [0.1, 0.15) is 30.5 Å². The zero-order valence-electron chi connectivity index (χ0n) is 13.2. The van der Waals surface area contributed by atoms with Gasteiger partial charge in [0.25, 0.3) is 0 Å². The highest BCUT2D eigenvalue weighted by atomic mass is 15.4. The Morgan fingerprint density at radius 2 is 2.22 bits per heavy atom. The number of rotatable bonds is 4. The van der Waals surface area contributed by atoms with Crippen LogP contribution in [0, 0.1) is 0 Å². The molecule has 1 unspecified atom stereocenters. The summed E-state index contributed by atoms with van der Waals surface area (Å²) < 4.78 is 1.93. The minimum Gasteiger partial charge on any atom is -0.314 e. The van der Waals surface area contributed by atoms with Crippen LogP contribution in [0.2, 0.25) is 0 Å². The van der Waals surface area contributed by atoms with Crippen molar-refractivity contribution >= 4 is 10.9 Å². The highest BCUT2D eigenvalue weighted by molar-refractivity contribution is 5.78. The van der Waals surface area contributed by atoms with E-state index >= 15 is 0 Å². The summed E-state index contributed by atoms with van der Waals surface area (Å²) in [5.41, 5.74) is 3.32. The van der Waals surface area contributed by atoms with Crippen molar-refractivity contribution in [3.8, 4) is 0 Å². The van der Waals surface area contributed by atoms with Crippen molar-refractivity contribution < 1.29 is 0 Å². The number of nitrogens with one attached hydrogen (secondary N) is 1. The van der Waals surface area contributed by atoms with Crippen LogP contribution in [-0.2, 0) is 13.0 Å². The standard InChI is InChI=1S/C18H21N5/c1-2-8-19-16(5-1)11-17-13-23(22-21-17)12-14-6-7-18-15(10-14)4-3-9-20-18/h3-4,6-7,9-10,13,16,19H,1-2,5,8,11-12H2. The SMILES string of the molecule is c1cnc2ccc(Cn3cc(CC4CCCCN4)nn3)cc2c1. The van der Waals surface area contributed by atoms with E-state index in [-0.39, 0.29) is 0 Å². The third-order valence-corrected chi connectivity index (χ3v) is 4.47. The van der Waals surface area contributed by atoms with Crippen molar-refractivity contribution in [3.63, 3.8) is 0 Å². The van der Waals surface area contributed by atoms with E-state index in [1.54, 1.807) is 0 Å². The molecule has 4 rings (SSSR count). The third kappa shape index (κ3) is 3.40. The Morgan fingerprint density at radius 3 is 3.13 bits per heavy atom. The van der Waals surface area contributed by atoms with Crippen molar-refractivity contribution in [1.82, 2.24) is 25.3 Å². The zero-order chi connectivity index (χ0) is 15.5. The Morgan fingerprint density at radius 1 is 1.22 bits per heavy atom. The molecule has 5 nitrogen and oxygen atoms in total. The Hall–Kier alpha value is -2.27. The first-order valence-electron chi connectivity index (χ1n) is 8.33. The van der Waals surface area contributed by atoms with Crippen LogP contribution in [0.25, 0.3) is 10.9 Å². The fraction of sp³-hybridized carbons (Fsp3) is 0.389. The maximum absolute atomic E-state index is 4.36. The lowest BCUT2D eigenvalue weighted by Gasteiger charge is -2.22. The van der Waals surface area contributed by atoms with Gasteiger partial charge in [0.15, 0.2) is 0 Å². The highest BCUT2D eigenvalue weighted by Gasteiger charge is 2.14. The Bertz CT molecular complexity index is 789. The molecule has 3 heterocycles. The molecule has 1 aromatic carbocycles. The summed E-state index contributed by atoms with van der Waals surface area (Å²) in [6.07, 6.45) is 8.72. The van der Waals surface area contributed by atoms with Crippen LogP contribution in [0.15, 0.2) is 42.7 Å². The van der Waals surface area contributed by atoms with Crippen LogP contribution < -0.4 is 5.32 Å². The van der Waals surface area contributed by atoms with Gasteiger partial charge in [0.2, 0.25) is 0 Å². The van der Waals surface area contributed by atoms with Gasteiger partial charge in [-0.05, 0) is 43.1 Å². The van der Waals surface area contributed by atoms with Gasteiger partial charge in [0, 0.05) is 30.2 Å². The summed E-state index contributed by atoms with van der Waals surface area (Å²) >= 11 is 0. The summed E-state index contributed by atoms with van der Waals surface area (Å²) in [5.74, 6) is 0. The smallest absolute Gasteiger partial charge is 0.0842 e. The van der Waals surface area contributed by atoms with E-state index in [4.69, 9.17) is 0 Å². The molecule has 0 bridgehead atoms. The predicted octanol–water partition coefficient (Wildman–Crippen LogP) is 2.56. The van der Waals surface area contributed by atoms with Gasteiger partial charge in [-0.2, -0.15) is 0 Å². The number of pyridine rings is 1. The normalized spacial score (nSPS) is 18.3. The average Bonchev–Trinajstić information content (AvgIpc) is 3.02. The molecule has 1 saturated heterocycles. The van der Waals surface area contributed by atoms with Gasteiger partial charge in [-0.1, -0.05) is 23.8 Å². The van der Waals surface area contributed by atoms with Crippen molar-refractivity contribution in [2.75, 3.05) is 6.54 Å². The van der Waals surface area contributed by atoms with E-state index in [1.807, 2.05) is 16.9 Å². The highest BCUT2D eigenvalue weighted by Crippen LogP contribution is 2.15. The van der Waals surface area contributed by atoms with Crippen molar-refractivity contribution in [2.24, 2.45) is 0 Å². The quantitative estimate of drug-likeness (QED) is 0.805. The average molecular weight is 307 g/mol. The van der Waals surface area contributed by atoms with Crippen molar-refractivity contribution in [2.45, 2.75) is 38.3 Å². The van der Waals surface area contributed by atoms with E-state index < -0.39 is 0 Å². The molecule has 0 spiro atoms. The summed E-state index contributed by atoms with van der Waals surface area (Å²) in [4.78, 5) is 4.36. The predicted molar refractivity (Wildman–Crippen MR) is 90.2 cm³/mol. The van der Waals surface area contributed by atoms with E-state index in [1.165, 1.54) is 24.8 Å². The van der Waals surface area contributed by atoms with Crippen LogP contribution in [-0.4, -0.2) is 32.6 Å². The Labute approximate surface area is 135 Å². The Kier molecular flexibility index (Phi) is 4.03. The monoisotopic (exact) mass is 307 g/mol. The number of benzene rings is 1. The van der Waals surface area contributed by atoms with Crippen LogP contribution in [0.5, 0.6) is 0 Å². The molecule has 3 aromatic rings. The fourth-order valence-electron chi connectivity index (χ4n) is 3.27. The van der Waals surface area contributed by atoms with Crippen LogP contribution in [0.4, 0.5) is 0 Å². The van der Waals surface area contributed by atoms with E-state index in [2.05, 4.69) is 51.1 Å². The van der Waals surface area contributed by atoms with E-state index in [9.17, 15) is 0 Å². The summed E-state index contributed by atoms with van der Waals surface area (Å²) in [6.45, 7) is 1.87. The number of hydrogen-bond acceptors (Lipinski definition) is 4. The van der Waals surface area contributed by atoms with E-state index in [0.29, 0.717) is 6.04 Å². The maximum atomic E-state index is 4.36. The number of aromatic nitrogens is 4. The molecule has 1 fully saturated rings. The second-order valence-corrected chi connectivity index (χ2v) is 6.29. The van der Waals surface area contributed by atoms with Gasteiger partial charge < -0.3 is 5.32 Å². The number of fused-ring (bicyclic) bond motifs is 1.